The molecule has 184 valence electrons. The van der Waals surface area contributed by atoms with E-state index in [1.54, 1.807) is 0 Å². The zero-order valence-electron chi connectivity index (χ0n) is 21.8. The highest BCUT2D eigenvalue weighted by molar-refractivity contribution is 7.86. The highest BCUT2D eigenvalue weighted by Gasteiger charge is 2.07. The standard InChI is InChI=1S/C28H48O3S/c1-8-23-32(29,30)31-22-21-28(7)20-12-19-27(6)18-11-17-26(5)16-10-15-25(4)14-9-13-24(2)3/h13,15,17,19,21H,8-12,14,16,18,20,22-23H2,1-7H3/b25-15+,26-17?,27-19?,28-21?. The molecule has 0 aromatic rings. The van der Waals surface area contributed by atoms with Crippen LogP contribution in [0.1, 0.15) is 106 Å². The summed E-state index contributed by atoms with van der Waals surface area (Å²) in [6, 6.07) is 0. The molecule has 0 aromatic heterocycles. The second kappa shape index (κ2) is 18.1. The Morgan fingerprint density at radius 2 is 1.00 bits per heavy atom. The van der Waals surface area contributed by atoms with Crippen molar-refractivity contribution in [3.63, 3.8) is 0 Å². The molecule has 0 unspecified atom stereocenters. The van der Waals surface area contributed by atoms with Crippen molar-refractivity contribution in [3.8, 4) is 0 Å². The molecule has 3 nitrogen and oxygen atoms in total. The molecule has 0 aliphatic carbocycles. The van der Waals surface area contributed by atoms with Crippen molar-refractivity contribution in [1.82, 2.24) is 0 Å². The van der Waals surface area contributed by atoms with E-state index in [0.29, 0.717) is 6.42 Å². The highest BCUT2D eigenvalue weighted by atomic mass is 32.2. The van der Waals surface area contributed by atoms with Gasteiger partial charge in [-0.1, -0.05) is 65.2 Å². The van der Waals surface area contributed by atoms with Gasteiger partial charge in [0.05, 0.1) is 12.4 Å². The van der Waals surface area contributed by atoms with Crippen LogP contribution in [0, 0.1) is 0 Å². The van der Waals surface area contributed by atoms with Crippen LogP contribution in [0.25, 0.3) is 0 Å². The number of allylic oxidation sites excluding steroid dienone is 9. The number of hydrogen-bond donors (Lipinski definition) is 0. The molecule has 0 spiro atoms. The Kier molecular flexibility index (Phi) is 17.3. The summed E-state index contributed by atoms with van der Waals surface area (Å²) in [7, 11) is -3.36. The second-order valence-corrected chi connectivity index (χ2v) is 10.9. The van der Waals surface area contributed by atoms with E-state index in [1.807, 2.05) is 19.9 Å². The fraction of sp³-hybridized carbons (Fsp3) is 0.643. The summed E-state index contributed by atoms with van der Waals surface area (Å²) in [5, 5.41) is 0. The van der Waals surface area contributed by atoms with Gasteiger partial charge in [-0.2, -0.15) is 8.42 Å². The number of rotatable bonds is 17. The molecule has 4 heteroatoms. The van der Waals surface area contributed by atoms with Gasteiger partial charge in [-0.05, 0) is 99.3 Å². The maximum absolute atomic E-state index is 11.5. The summed E-state index contributed by atoms with van der Waals surface area (Å²) < 4.78 is 28.1. The molecule has 0 saturated heterocycles. The van der Waals surface area contributed by atoms with Gasteiger partial charge in [0, 0.05) is 0 Å². The van der Waals surface area contributed by atoms with Gasteiger partial charge in [-0.15, -0.1) is 0 Å². The molecule has 0 aliphatic heterocycles. The molecule has 0 aliphatic rings. The monoisotopic (exact) mass is 464 g/mol. The van der Waals surface area contributed by atoms with Crippen LogP contribution in [0.4, 0.5) is 0 Å². The summed E-state index contributed by atoms with van der Waals surface area (Å²) in [5.74, 6) is 0.0860. The van der Waals surface area contributed by atoms with E-state index in [0.717, 1.165) is 51.4 Å². The molecule has 0 saturated carbocycles. The predicted octanol–water partition coefficient (Wildman–Crippen LogP) is 8.62. The molecule has 0 atom stereocenters. The summed E-state index contributed by atoms with van der Waals surface area (Å²) in [6.45, 7) is 15.0. The molecular weight excluding hydrogens is 416 g/mol. The topological polar surface area (TPSA) is 43.4 Å². The third-order valence-electron chi connectivity index (χ3n) is 5.32. The quantitative estimate of drug-likeness (QED) is 0.160. The minimum Gasteiger partial charge on any atom is -0.266 e. The van der Waals surface area contributed by atoms with Crippen molar-refractivity contribution in [1.29, 1.82) is 0 Å². The van der Waals surface area contributed by atoms with E-state index in [9.17, 15) is 8.42 Å². The lowest BCUT2D eigenvalue weighted by atomic mass is 10.0. The van der Waals surface area contributed by atoms with E-state index in [-0.39, 0.29) is 12.4 Å². The van der Waals surface area contributed by atoms with Crippen LogP contribution < -0.4 is 0 Å². The van der Waals surface area contributed by atoms with Gasteiger partial charge in [0.2, 0.25) is 0 Å². The van der Waals surface area contributed by atoms with Crippen LogP contribution in [0.15, 0.2) is 58.2 Å². The molecule has 0 fully saturated rings. The Hall–Kier alpha value is -1.39. The molecule has 0 heterocycles. The van der Waals surface area contributed by atoms with Gasteiger partial charge in [-0.25, -0.2) is 0 Å². The lowest BCUT2D eigenvalue weighted by Gasteiger charge is -2.04. The van der Waals surface area contributed by atoms with E-state index >= 15 is 0 Å². The van der Waals surface area contributed by atoms with Gasteiger partial charge >= 0.3 is 0 Å². The molecular formula is C28H48O3S. The molecule has 0 bridgehead atoms. The Morgan fingerprint density at radius 1 is 0.625 bits per heavy atom. The SMILES string of the molecule is CCCS(=O)(=O)OCC=C(C)CCC=C(C)CCC=C(C)CC/C=C(\C)CCC=C(C)C. The van der Waals surface area contributed by atoms with Crippen LogP contribution in [0.5, 0.6) is 0 Å². The summed E-state index contributed by atoms with van der Waals surface area (Å²) in [6.07, 6.45) is 20.5. The van der Waals surface area contributed by atoms with Gasteiger partial charge in [0.25, 0.3) is 10.1 Å². The fourth-order valence-corrected chi connectivity index (χ4v) is 4.12. The predicted molar refractivity (Wildman–Crippen MR) is 141 cm³/mol. The van der Waals surface area contributed by atoms with Crippen molar-refractivity contribution < 1.29 is 12.6 Å². The zero-order valence-corrected chi connectivity index (χ0v) is 22.6. The summed E-state index contributed by atoms with van der Waals surface area (Å²) in [5.41, 5.74) is 6.95. The molecule has 0 aromatic carbocycles. The summed E-state index contributed by atoms with van der Waals surface area (Å²) in [4.78, 5) is 0. The fourth-order valence-electron chi connectivity index (χ4n) is 3.22. The van der Waals surface area contributed by atoms with Gasteiger partial charge in [-0.3, -0.25) is 4.18 Å². The lowest BCUT2D eigenvalue weighted by Crippen LogP contribution is -2.09. The normalized spacial score (nSPS) is 14.1. The maximum atomic E-state index is 11.5. The van der Waals surface area contributed by atoms with E-state index < -0.39 is 10.1 Å². The first-order valence-corrected chi connectivity index (χ1v) is 13.8. The maximum Gasteiger partial charge on any atom is 0.267 e. The van der Waals surface area contributed by atoms with Crippen molar-refractivity contribution in [2.75, 3.05) is 12.4 Å². The first-order chi connectivity index (χ1) is 15.1. The van der Waals surface area contributed by atoms with E-state index in [1.165, 1.54) is 27.9 Å². The van der Waals surface area contributed by atoms with Gasteiger partial charge in [0.1, 0.15) is 0 Å². The van der Waals surface area contributed by atoms with Crippen LogP contribution in [-0.4, -0.2) is 20.8 Å². The average Bonchev–Trinajstić information content (AvgIpc) is 2.67. The Labute approximate surface area is 199 Å². The first kappa shape index (κ1) is 30.6. The summed E-state index contributed by atoms with van der Waals surface area (Å²) >= 11 is 0. The Balaban J connectivity index is 4.15. The van der Waals surface area contributed by atoms with Crippen molar-refractivity contribution in [2.24, 2.45) is 0 Å². The smallest absolute Gasteiger partial charge is 0.266 e. The largest absolute Gasteiger partial charge is 0.267 e. The molecule has 0 N–H and O–H groups in total. The lowest BCUT2D eigenvalue weighted by molar-refractivity contribution is 0.356. The Morgan fingerprint density at radius 3 is 1.38 bits per heavy atom. The van der Waals surface area contributed by atoms with Gasteiger partial charge in [0.15, 0.2) is 0 Å². The third kappa shape index (κ3) is 19.3. The van der Waals surface area contributed by atoms with Crippen LogP contribution in [-0.2, 0) is 14.3 Å². The number of hydrogen-bond acceptors (Lipinski definition) is 3. The molecule has 32 heavy (non-hydrogen) atoms. The van der Waals surface area contributed by atoms with Crippen LogP contribution >= 0.6 is 0 Å². The van der Waals surface area contributed by atoms with Crippen molar-refractivity contribution in [2.45, 2.75) is 106 Å². The molecule has 0 rings (SSSR count). The average molecular weight is 465 g/mol. The minimum atomic E-state index is -3.36. The van der Waals surface area contributed by atoms with Crippen LogP contribution in [0.3, 0.4) is 0 Å². The van der Waals surface area contributed by atoms with E-state index in [4.69, 9.17) is 4.18 Å². The van der Waals surface area contributed by atoms with Gasteiger partial charge < -0.3 is 0 Å². The second-order valence-electron chi connectivity index (χ2n) is 9.18. The van der Waals surface area contributed by atoms with E-state index in [2.05, 4.69) is 58.9 Å². The van der Waals surface area contributed by atoms with Crippen molar-refractivity contribution >= 4 is 10.1 Å². The third-order valence-corrected chi connectivity index (χ3v) is 6.72. The zero-order chi connectivity index (χ0) is 24.4. The highest BCUT2D eigenvalue weighted by Crippen LogP contribution is 2.15. The first-order valence-electron chi connectivity index (χ1n) is 12.2. The molecule has 0 radical (unpaired) electrons. The molecule has 0 amide bonds. The minimum absolute atomic E-state index is 0.0860. The van der Waals surface area contributed by atoms with Crippen molar-refractivity contribution in [3.05, 3.63) is 58.2 Å². The Bertz CT molecular complexity index is 773. The van der Waals surface area contributed by atoms with Crippen LogP contribution in [0.2, 0.25) is 0 Å².